The van der Waals surface area contributed by atoms with Crippen LogP contribution < -0.4 is 0 Å². The third kappa shape index (κ3) is 5.27. The van der Waals surface area contributed by atoms with E-state index in [9.17, 15) is 0 Å². The molecule has 0 aliphatic carbocycles. The summed E-state index contributed by atoms with van der Waals surface area (Å²) in [5.74, 6) is 0.760. The molecule has 1 saturated heterocycles. The molecule has 0 N–H and O–H groups in total. The van der Waals surface area contributed by atoms with Gasteiger partial charge in [0.05, 0.1) is 19.8 Å². The first-order chi connectivity index (χ1) is 8.76. The summed E-state index contributed by atoms with van der Waals surface area (Å²) in [7, 11) is 0. The Morgan fingerprint density at radius 3 is 2.39 bits per heavy atom. The molecule has 0 bridgehead atoms. The third-order valence-corrected chi connectivity index (χ3v) is 4.15. The maximum absolute atomic E-state index is 6.00. The molecule has 0 aromatic heterocycles. The van der Waals surface area contributed by atoms with Gasteiger partial charge in [-0.15, -0.1) is 0 Å². The number of rotatable bonds is 11. The van der Waals surface area contributed by atoms with Gasteiger partial charge in [0.2, 0.25) is 0 Å². The van der Waals surface area contributed by atoms with Gasteiger partial charge in [0, 0.05) is 12.0 Å². The van der Waals surface area contributed by atoms with Crippen molar-refractivity contribution in [3.8, 4) is 0 Å². The fraction of sp³-hybridized carbons (Fsp3) is 1.00. The fourth-order valence-corrected chi connectivity index (χ4v) is 2.75. The van der Waals surface area contributed by atoms with Gasteiger partial charge in [0.15, 0.2) is 0 Å². The van der Waals surface area contributed by atoms with Crippen LogP contribution in [0.3, 0.4) is 0 Å². The van der Waals surface area contributed by atoms with Gasteiger partial charge >= 0.3 is 0 Å². The van der Waals surface area contributed by atoms with Crippen molar-refractivity contribution in [1.29, 1.82) is 0 Å². The molecule has 0 aromatic carbocycles. The van der Waals surface area contributed by atoms with Crippen LogP contribution in [-0.4, -0.2) is 26.4 Å². The van der Waals surface area contributed by atoms with Crippen LogP contribution in [0, 0.1) is 11.3 Å². The molecule has 0 spiro atoms. The maximum atomic E-state index is 6.00. The molecule has 1 atom stereocenters. The molecule has 1 aliphatic heterocycles. The van der Waals surface area contributed by atoms with Gasteiger partial charge in [-0.2, -0.15) is 0 Å². The van der Waals surface area contributed by atoms with Gasteiger partial charge in [-0.25, -0.2) is 0 Å². The van der Waals surface area contributed by atoms with E-state index in [1.54, 1.807) is 0 Å². The van der Waals surface area contributed by atoms with Crippen molar-refractivity contribution < 1.29 is 9.47 Å². The van der Waals surface area contributed by atoms with E-state index in [1.807, 2.05) is 0 Å². The zero-order valence-corrected chi connectivity index (χ0v) is 12.7. The highest BCUT2D eigenvalue weighted by atomic mass is 16.5. The summed E-state index contributed by atoms with van der Waals surface area (Å²) in [5.41, 5.74) is 0.358. The fourth-order valence-electron chi connectivity index (χ4n) is 2.75. The molecule has 1 aliphatic rings. The monoisotopic (exact) mass is 256 g/mol. The lowest BCUT2D eigenvalue weighted by molar-refractivity contribution is -0.155. The first kappa shape index (κ1) is 16.0. The molecule has 2 heteroatoms. The second kappa shape index (κ2) is 8.92. The summed E-state index contributed by atoms with van der Waals surface area (Å²) in [6.07, 6.45) is 9.11. The van der Waals surface area contributed by atoms with Crippen molar-refractivity contribution >= 4 is 0 Å². The van der Waals surface area contributed by atoms with E-state index in [0.29, 0.717) is 5.41 Å². The Kier molecular flexibility index (Phi) is 7.92. The third-order valence-electron chi connectivity index (χ3n) is 4.15. The summed E-state index contributed by atoms with van der Waals surface area (Å²) >= 11 is 0. The molecule has 108 valence electrons. The van der Waals surface area contributed by atoms with Gasteiger partial charge in [0.25, 0.3) is 0 Å². The van der Waals surface area contributed by atoms with Gasteiger partial charge in [-0.3, -0.25) is 0 Å². The molecule has 1 heterocycles. The van der Waals surface area contributed by atoms with Crippen molar-refractivity contribution in [3.63, 3.8) is 0 Å². The molecule has 0 saturated carbocycles. The number of hydrogen-bond donors (Lipinski definition) is 0. The number of ether oxygens (including phenoxy) is 2. The van der Waals surface area contributed by atoms with Crippen LogP contribution in [-0.2, 0) is 9.47 Å². The van der Waals surface area contributed by atoms with Crippen molar-refractivity contribution in [1.82, 2.24) is 0 Å². The zero-order valence-electron chi connectivity index (χ0n) is 12.7. The Labute approximate surface area is 113 Å². The molecule has 1 rings (SSSR count). The van der Waals surface area contributed by atoms with Crippen molar-refractivity contribution in [2.45, 2.75) is 65.7 Å². The summed E-state index contributed by atoms with van der Waals surface area (Å²) in [6.45, 7) is 10.5. The van der Waals surface area contributed by atoms with Gasteiger partial charge < -0.3 is 9.47 Å². The lowest BCUT2D eigenvalue weighted by Gasteiger charge is -2.41. The van der Waals surface area contributed by atoms with E-state index >= 15 is 0 Å². The molecule has 18 heavy (non-hydrogen) atoms. The number of hydrogen-bond acceptors (Lipinski definition) is 2. The summed E-state index contributed by atoms with van der Waals surface area (Å²) in [5, 5.41) is 0. The molecular formula is C16H32O2. The van der Waals surface area contributed by atoms with Crippen LogP contribution in [0.1, 0.15) is 65.7 Å². The summed E-state index contributed by atoms with van der Waals surface area (Å²) in [6, 6.07) is 0. The largest absolute Gasteiger partial charge is 0.380 e. The molecule has 0 radical (unpaired) electrons. The Bertz CT molecular complexity index is 199. The predicted molar refractivity (Wildman–Crippen MR) is 76.9 cm³/mol. The Hall–Kier alpha value is -0.0800. The molecule has 1 fully saturated rings. The minimum absolute atomic E-state index is 0.358. The summed E-state index contributed by atoms with van der Waals surface area (Å²) < 4.78 is 11.4. The van der Waals surface area contributed by atoms with Gasteiger partial charge in [-0.1, -0.05) is 52.9 Å². The topological polar surface area (TPSA) is 18.5 Å². The maximum Gasteiger partial charge on any atom is 0.0567 e. The Morgan fingerprint density at radius 2 is 1.89 bits per heavy atom. The lowest BCUT2D eigenvalue weighted by Crippen LogP contribution is -2.46. The number of unbranched alkanes of at least 4 members (excludes halogenated alkanes) is 2. The van der Waals surface area contributed by atoms with Crippen LogP contribution in [0.25, 0.3) is 0 Å². The predicted octanol–water partition coefficient (Wildman–Crippen LogP) is 4.43. The first-order valence-electron chi connectivity index (χ1n) is 7.91. The quantitative estimate of drug-likeness (QED) is 0.509. The smallest absolute Gasteiger partial charge is 0.0567 e. The molecular weight excluding hydrogens is 224 g/mol. The molecule has 0 aromatic rings. The second-order valence-corrected chi connectivity index (χ2v) is 6.03. The van der Waals surface area contributed by atoms with Crippen molar-refractivity contribution in [2.75, 3.05) is 26.4 Å². The molecule has 0 amide bonds. The normalized spacial score (nSPS) is 19.5. The van der Waals surface area contributed by atoms with Crippen LogP contribution in [0.4, 0.5) is 0 Å². The Balaban J connectivity index is 2.13. The highest BCUT2D eigenvalue weighted by Gasteiger charge is 2.37. The van der Waals surface area contributed by atoms with E-state index in [1.165, 1.54) is 44.9 Å². The average molecular weight is 256 g/mol. The average Bonchev–Trinajstić information content (AvgIpc) is 2.34. The van der Waals surface area contributed by atoms with E-state index < -0.39 is 0 Å². The van der Waals surface area contributed by atoms with E-state index in [4.69, 9.17) is 9.47 Å². The minimum Gasteiger partial charge on any atom is -0.380 e. The van der Waals surface area contributed by atoms with Crippen LogP contribution in [0.5, 0.6) is 0 Å². The molecule has 2 nitrogen and oxygen atoms in total. The standard InChI is InChI=1S/C16H32O2/c1-4-7-8-9-15(6-3)11-17-12-16(10-5-2)13-18-14-16/h15H,4-14H2,1-3H3. The SMILES string of the molecule is CCCCCC(CC)COCC1(CCC)COC1. The highest BCUT2D eigenvalue weighted by molar-refractivity contribution is 4.85. The first-order valence-corrected chi connectivity index (χ1v) is 7.91. The summed E-state index contributed by atoms with van der Waals surface area (Å²) in [4.78, 5) is 0. The molecule has 1 unspecified atom stereocenters. The lowest BCUT2D eigenvalue weighted by atomic mass is 9.82. The van der Waals surface area contributed by atoms with E-state index in [-0.39, 0.29) is 0 Å². The minimum atomic E-state index is 0.358. The van der Waals surface area contributed by atoms with E-state index in [2.05, 4.69) is 20.8 Å². The highest BCUT2D eigenvalue weighted by Crippen LogP contribution is 2.33. The van der Waals surface area contributed by atoms with Crippen LogP contribution in [0.2, 0.25) is 0 Å². The van der Waals surface area contributed by atoms with Crippen molar-refractivity contribution in [2.24, 2.45) is 11.3 Å². The van der Waals surface area contributed by atoms with Gasteiger partial charge in [-0.05, 0) is 18.8 Å². The second-order valence-electron chi connectivity index (χ2n) is 6.03. The Morgan fingerprint density at radius 1 is 1.11 bits per heavy atom. The van der Waals surface area contributed by atoms with E-state index in [0.717, 1.165) is 32.3 Å². The van der Waals surface area contributed by atoms with Crippen LogP contribution >= 0.6 is 0 Å². The van der Waals surface area contributed by atoms with Crippen molar-refractivity contribution in [3.05, 3.63) is 0 Å². The van der Waals surface area contributed by atoms with Crippen LogP contribution in [0.15, 0.2) is 0 Å². The zero-order chi connectivity index (χ0) is 13.3. The van der Waals surface area contributed by atoms with Gasteiger partial charge in [0.1, 0.15) is 0 Å².